The first-order valence-electron chi connectivity index (χ1n) is 5.20. The summed E-state index contributed by atoms with van der Waals surface area (Å²) in [6, 6.07) is 5.92. The van der Waals surface area contributed by atoms with E-state index in [0.717, 1.165) is 0 Å². The summed E-state index contributed by atoms with van der Waals surface area (Å²) >= 11 is 0. The van der Waals surface area contributed by atoms with E-state index in [1.807, 2.05) is 0 Å². The largest absolute Gasteiger partial charge is 0.508 e. The summed E-state index contributed by atoms with van der Waals surface area (Å²) in [4.78, 5) is 0.119. The summed E-state index contributed by atoms with van der Waals surface area (Å²) in [5, 5.41) is 13.3. The molecule has 1 heterocycles. The number of aryl methyl sites for hydroxylation is 2. The second-order valence-electron chi connectivity index (χ2n) is 3.91. The van der Waals surface area contributed by atoms with E-state index in [4.69, 9.17) is 0 Å². The average molecular weight is 267 g/mol. The molecule has 2 rings (SSSR count). The molecule has 0 aliphatic heterocycles. The molecule has 0 radical (unpaired) electrons. The number of hydrogen-bond donors (Lipinski definition) is 2. The molecule has 0 saturated carbocycles. The van der Waals surface area contributed by atoms with Crippen LogP contribution < -0.4 is 4.72 Å². The number of nitrogens with zero attached hydrogens (tertiary/aromatic N) is 2. The third-order valence-electron chi connectivity index (χ3n) is 2.36. The van der Waals surface area contributed by atoms with Crippen LogP contribution in [0, 0.1) is 6.92 Å². The van der Waals surface area contributed by atoms with Gasteiger partial charge in [-0.2, -0.15) is 5.10 Å². The van der Waals surface area contributed by atoms with Crippen LogP contribution >= 0.6 is 0 Å². The molecule has 2 aromatic rings. The van der Waals surface area contributed by atoms with Crippen LogP contribution in [0.5, 0.6) is 5.75 Å². The van der Waals surface area contributed by atoms with Crippen molar-refractivity contribution in [2.45, 2.75) is 11.8 Å². The van der Waals surface area contributed by atoms with Crippen molar-refractivity contribution in [2.75, 3.05) is 4.72 Å². The number of anilines is 1. The van der Waals surface area contributed by atoms with E-state index in [1.54, 1.807) is 26.1 Å². The summed E-state index contributed by atoms with van der Waals surface area (Å²) in [6.45, 7) is 1.62. The lowest BCUT2D eigenvalue weighted by Crippen LogP contribution is -2.13. The summed E-state index contributed by atoms with van der Waals surface area (Å²) < 4.78 is 28.0. The lowest BCUT2D eigenvalue weighted by molar-refractivity contribution is 0.475. The summed E-state index contributed by atoms with van der Waals surface area (Å²) in [7, 11) is -2.03. The highest BCUT2D eigenvalue weighted by Crippen LogP contribution is 2.20. The predicted octanol–water partition coefficient (Wildman–Crippen LogP) is 1.23. The Kier molecular flexibility index (Phi) is 3.00. The van der Waals surface area contributed by atoms with Gasteiger partial charge in [0.15, 0.2) is 0 Å². The van der Waals surface area contributed by atoms with E-state index >= 15 is 0 Å². The molecule has 2 N–H and O–H groups in total. The molecule has 0 amide bonds. The minimum absolute atomic E-state index is 0.00175. The lowest BCUT2D eigenvalue weighted by Gasteiger charge is -2.06. The van der Waals surface area contributed by atoms with Gasteiger partial charge in [-0.05, 0) is 19.1 Å². The fourth-order valence-corrected chi connectivity index (χ4v) is 2.89. The smallest absolute Gasteiger partial charge is 0.265 e. The molecule has 1 aromatic carbocycles. The van der Waals surface area contributed by atoms with E-state index < -0.39 is 10.0 Å². The van der Waals surface area contributed by atoms with Crippen molar-refractivity contribution in [3.05, 3.63) is 36.2 Å². The minimum atomic E-state index is -3.68. The Bertz CT molecular complexity index is 677. The standard InChI is InChI=1S/C11H13N3O3S/c1-8-11(7-14(2)12-8)18(16,17)13-9-4-3-5-10(15)6-9/h3-7,13,15H,1-2H3. The monoisotopic (exact) mass is 267 g/mol. The molecule has 0 saturated heterocycles. The van der Waals surface area contributed by atoms with Crippen molar-refractivity contribution in [3.63, 3.8) is 0 Å². The normalized spacial score (nSPS) is 11.4. The Labute approximate surface area is 105 Å². The van der Waals surface area contributed by atoms with Gasteiger partial charge in [-0.3, -0.25) is 9.40 Å². The van der Waals surface area contributed by atoms with Crippen molar-refractivity contribution in [3.8, 4) is 5.75 Å². The molecular weight excluding hydrogens is 254 g/mol. The third kappa shape index (κ3) is 2.45. The Morgan fingerprint density at radius 3 is 2.67 bits per heavy atom. The van der Waals surface area contributed by atoms with Crippen LogP contribution in [0.2, 0.25) is 0 Å². The van der Waals surface area contributed by atoms with Gasteiger partial charge in [0, 0.05) is 19.3 Å². The molecular formula is C11H13N3O3S. The quantitative estimate of drug-likeness (QED) is 0.876. The molecule has 0 aliphatic rings. The summed E-state index contributed by atoms with van der Waals surface area (Å²) in [6.07, 6.45) is 1.43. The second-order valence-corrected chi connectivity index (χ2v) is 5.56. The van der Waals surface area contributed by atoms with Gasteiger partial charge in [-0.25, -0.2) is 8.42 Å². The number of sulfonamides is 1. The van der Waals surface area contributed by atoms with Crippen molar-refractivity contribution in [2.24, 2.45) is 7.05 Å². The van der Waals surface area contributed by atoms with Crippen molar-refractivity contribution < 1.29 is 13.5 Å². The predicted molar refractivity (Wildman–Crippen MR) is 66.9 cm³/mol. The van der Waals surface area contributed by atoms with E-state index in [1.165, 1.54) is 23.0 Å². The number of nitrogens with one attached hydrogen (secondary N) is 1. The molecule has 0 fully saturated rings. The zero-order chi connectivity index (χ0) is 13.3. The van der Waals surface area contributed by atoms with Crippen LogP contribution in [0.25, 0.3) is 0 Å². The van der Waals surface area contributed by atoms with Gasteiger partial charge >= 0.3 is 0 Å². The maximum Gasteiger partial charge on any atom is 0.265 e. The first-order valence-corrected chi connectivity index (χ1v) is 6.69. The van der Waals surface area contributed by atoms with E-state index in [-0.39, 0.29) is 10.6 Å². The van der Waals surface area contributed by atoms with Crippen molar-refractivity contribution >= 4 is 15.7 Å². The molecule has 7 heteroatoms. The molecule has 1 aromatic heterocycles. The van der Waals surface area contributed by atoms with Gasteiger partial charge in [0.25, 0.3) is 10.0 Å². The first kappa shape index (κ1) is 12.4. The van der Waals surface area contributed by atoms with Crippen molar-refractivity contribution in [1.29, 1.82) is 0 Å². The molecule has 0 bridgehead atoms. The number of aromatic hydroxyl groups is 1. The molecule has 0 aliphatic carbocycles. The zero-order valence-corrected chi connectivity index (χ0v) is 10.8. The second kappa shape index (κ2) is 4.34. The highest BCUT2D eigenvalue weighted by atomic mass is 32.2. The van der Waals surface area contributed by atoms with Crippen LogP contribution in [-0.4, -0.2) is 23.3 Å². The van der Waals surface area contributed by atoms with Gasteiger partial charge < -0.3 is 5.11 Å². The van der Waals surface area contributed by atoms with Crippen LogP contribution in [-0.2, 0) is 17.1 Å². The maximum absolute atomic E-state index is 12.1. The fourth-order valence-electron chi connectivity index (χ4n) is 1.62. The average Bonchev–Trinajstić information content (AvgIpc) is 2.58. The van der Waals surface area contributed by atoms with Crippen LogP contribution in [0.1, 0.15) is 5.69 Å². The summed E-state index contributed by atoms with van der Waals surface area (Å²) in [5.74, 6) is -0.00175. The van der Waals surface area contributed by atoms with Gasteiger partial charge in [-0.15, -0.1) is 0 Å². The highest BCUT2D eigenvalue weighted by molar-refractivity contribution is 7.92. The minimum Gasteiger partial charge on any atom is -0.508 e. The van der Waals surface area contributed by atoms with Crippen LogP contribution in [0.4, 0.5) is 5.69 Å². The zero-order valence-electron chi connectivity index (χ0n) is 9.95. The Morgan fingerprint density at radius 2 is 2.11 bits per heavy atom. The maximum atomic E-state index is 12.1. The lowest BCUT2D eigenvalue weighted by atomic mass is 10.3. The Balaban J connectivity index is 2.36. The van der Waals surface area contributed by atoms with E-state index in [0.29, 0.717) is 11.4 Å². The summed E-state index contributed by atoms with van der Waals surface area (Å²) in [5.41, 5.74) is 0.725. The first-order chi connectivity index (χ1) is 8.38. The number of benzene rings is 1. The third-order valence-corrected chi connectivity index (χ3v) is 3.84. The van der Waals surface area contributed by atoms with Gasteiger partial charge in [0.2, 0.25) is 0 Å². The molecule has 96 valence electrons. The highest BCUT2D eigenvalue weighted by Gasteiger charge is 2.19. The molecule has 0 atom stereocenters. The Hall–Kier alpha value is -2.02. The van der Waals surface area contributed by atoms with Gasteiger partial charge in [0.1, 0.15) is 10.6 Å². The Morgan fingerprint density at radius 1 is 1.39 bits per heavy atom. The molecule has 18 heavy (non-hydrogen) atoms. The van der Waals surface area contributed by atoms with Crippen molar-refractivity contribution in [1.82, 2.24) is 9.78 Å². The SMILES string of the molecule is Cc1nn(C)cc1S(=O)(=O)Nc1cccc(O)c1. The number of phenolic OH excluding ortho intramolecular Hbond substituents is 1. The number of aromatic nitrogens is 2. The molecule has 0 unspecified atom stereocenters. The van der Waals surface area contributed by atoms with E-state index in [9.17, 15) is 13.5 Å². The van der Waals surface area contributed by atoms with Gasteiger partial charge in [-0.1, -0.05) is 6.07 Å². The molecule has 0 spiro atoms. The molecule has 6 nitrogen and oxygen atoms in total. The van der Waals surface area contributed by atoms with Crippen LogP contribution in [0.3, 0.4) is 0 Å². The fraction of sp³-hybridized carbons (Fsp3) is 0.182. The van der Waals surface area contributed by atoms with Crippen LogP contribution in [0.15, 0.2) is 35.4 Å². The number of hydrogen-bond acceptors (Lipinski definition) is 4. The van der Waals surface area contributed by atoms with E-state index in [2.05, 4.69) is 9.82 Å². The topological polar surface area (TPSA) is 84.2 Å². The number of phenols is 1. The van der Waals surface area contributed by atoms with Gasteiger partial charge in [0.05, 0.1) is 11.4 Å². The number of rotatable bonds is 3.